The maximum absolute atomic E-state index is 11.5. The van der Waals surface area contributed by atoms with Crippen molar-refractivity contribution in [3.63, 3.8) is 0 Å². The van der Waals surface area contributed by atoms with Crippen molar-refractivity contribution in [3.05, 3.63) is 24.3 Å². The van der Waals surface area contributed by atoms with E-state index in [-0.39, 0.29) is 18.3 Å². The normalized spacial score (nSPS) is 9.58. The van der Waals surface area contributed by atoms with Gasteiger partial charge in [0.25, 0.3) is 0 Å². The van der Waals surface area contributed by atoms with E-state index in [0.29, 0.717) is 32.6 Å². The van der Waals surface area contributed by atoms with Gasteiger partial charge in [-0.05, 0) is 37.2 Å². The van der Waals surface area contributed by atoms with Gasteiger partial charge in [-0.1, -0.05) is 0 Å². The lowest BCUT2D eigenvalue weighted by molar-refractivity contribution is -0.116. The number of hydrogen-bond acceptors (Lipinski definition) is 4. The van der Waals surface area contributed by atoms with Crippen LogP contribution in [0.2, 0.25) is 0 Å². The first kappa shape index (κ1) is 17.7. The molecule has 1 amide bonds. The summed E-state index contributed by atoms with van der Waals surface area (Å²) < 4.78 is 10.3. The van der Waals surface area contributed by atoms with Crippen LogP contribution in [0.1, 0.15) is 12.8 Å². The Morgan fingerprint density at radius 1 is 1.26 bits per heavy atom. The van der Waals surface area contributed by atoms with Gasteiger partial charge in [0.1, 0.15) is 12.4 Å². The summed E-state index contributed by atoms with van der Waals surface area (Å²) in [5.74, 6) is 0.737. The van der Waals surface area contributed by atoms with E-state index < -0.39 is 0 Å². The van der Waals surface area contributed by atoms with Gasteiger partial charge in [-0.25, -0.2) is 0 Å². The molecule has 1 rings (SSSR count). The molecule has 0 aliphatic heterocycles. The van der Waals surface area contributed by atoms with Crippen LogP contribution in [0.5, 0.6) is 5.75 Å². The molecule has 3 N–H and O–H groups in total. The van der Waals surface area contributed by atoms with Crippen LogP contribution < -0.4 is 15.8 Å². The molecule has 19 heavy (non-hydrogen) atoms. The molecule has 0 fully saturated rings. The Morgan fingerprint density at radius 3 is 2.53 bits per heavy atom. The molecule has 0 saturated carbocycles. The minimum Gasteiger partial charge on any atom is -0.491 e. The number of nitrogens with two attached hydrogens (primary N) is 1. The van der Waals surface area contributed by atoms with Crippen LogP contribution >= 0.6 is 12.4 Å². The van der Waals surface area contributed by atoms with Crippen LogP contribution in [0.15, 0.2) is 24.3 Å². The first-order valence-electron chi connectivity index (χ1n) is 5.98. The SMILES string of the molecule is COCCOc1ccc(NC(=O)CCCN)cc1.Cl. The summed E-state index contributed by atoms with van der Waals surface area (Å²) in [6.07, 6.45) is 1.15. The minimum atomic E-state index is -0.0199. The minimum absolute atomic E-state index is 0. The van der Waals surface area contributed by atoms with Crippen LogP contribution in [0.4, 0.5) is 5.69 Å². The van der Waals surface area contributed by atoms with Crippen molar-refractivity contribution < 1.29 is 14.3 Å². The molecular weight excluding hydrogens is 268 g/mol. The molecule has 0 unspecified atom stereocenters. The number of amides is 1. The zero-order chi connectivity index (χ0) is 13.2. The van der Waals surface area contributed by atoms with Crippen molar-refractivity contribution in [2.75, 3.05) is 32.2 Å². The number of hydrogen-bond donors (Lipinski definition) is 2. The summed E-state index contributed by atoms with van der Waals surface area (Å²) in [5.41, 5.74) is 6.10. The fourth-order valence-electron chi connectivity index (χ4n) is 1.36. The molecule has 0 aliphatic carbocycles. The summed E-state index contributed by atoms with van der Waals surface area (Å²) in [6, 6.07) is 7.24. The van der Waals surface area contributed by atoms with Crippen molar-refractivity contribution in [1.29, 1.82) is 0 Å². The Morgan fingerprint density at radius 2 is 1.95 bits per heavy atom. The lowest BCUT2D eigenvalue weighted by Crippen LogP contribution is -2.13. The topological polar surface area (TPSA) is 73.6 Å². The Kier molecular flexibility index (Phi) is 9.88. The van der Waals surface area contributed by atoms with Gasteiger partial charge in [-0.2, -0.15) is 0 Å². The third-order valence-electron chi connectivity index (χ3n) is 2.30. The number of nitrogens with one attached hydrogen (secondary N) is 1. The molecule has 108 valence electrons. The lowest BCUT2D eigenvalue weighted by atomic mass is 10.2. The van der Waals surface area contributed by atoms with Crippen LogP contribution in [-0.2, 0) is 9.53 Å². The van der Waals surface area contributed by atoms with Crippen molar-refractivity contribution in [2.45, 2.75) is 12.8 Å². The molecule has 0 aromatic heterocycles. The van der Waals surface area contributed by atoms with E-state index >= 15 is 0 Å². The van der Waals surface area contributed by atoms with Crippen LogP contribution in [0, 0.1) is 0 Å². The Hall–Kier alpha value is -1.30. The third kappa shape index (κ3) is 7.66. The van der Waals surface area contributed by atoms with Crippen LogP contribution in [0.25, 0.3) is 0 Å². The van der Waals surface area contributed by atoms with Crippen molar-refractivity contribution in [3.8, 4) is 5.75 Å². The molecular formula is C13H21ClN2O3. The summed E-state index contributed by atoms with van der Waals surface area (Å²) in [4.78, 5) is 11.5. The van der Waals surface area contributed by atoms with E-state index in [1.807, 2.05) is 24.3 Å². The fourth-order valence-corrected chi connectivity index (χ4v) is 1.36. The van der Waals surface area contributed by atoms with Crippen molar-refractivity contribution >= 4 is 24.0 Å². The number of carbonyl (C=O) groups excluding carboxylic acids is 1. The second kappa shape index (κ2) is 10.6. The maximum atomic E-state index is 11.5. The van der Waals surface area contributed by atoms with E-state index in [4.69, 9.17) is 15.2 Å². The van der Waals surface area contributed by atoms with E-state index in [1.165, 1.54) is 0 Å². The summed E-state index contributed by atoms with van der Waals surface area (Å²) in [6.45, 7) is 1.59. The monoisotopic (exact) mass is 288 g/mol. The van der Waals surface area contributed by atoms with Gasteiger partial charge in [-0.15, -0.1) is 12.4 Å². The second-order valence-electron chi connectivity index (χ2n) is 3.81. The molecule has 6 heteroatoms. The predicted octanol–water partition coefficient (Wildman–Crippen LogP) is 1.81. The van der Waals surface area contributed by atoms with Crippen LogP contribution in [-0.4, -0.2) is 32.8 Å². The number of benzene rings is 1. The first-order chi connectivity index (χ1) is 8.76. The number of ether oxygens (including phenoxy) is 2. The third-order valence-corrected chi connectivity index (χ3v) is 2.30. The zero-order valence-electron chi connectivity index (χ0n) is 11.1. The molecule has 1 aromatic rings. The highest BCUT2D eigenvalue weighted by Crippen LogP contribution is 2.15. The second-order valence-corrected chi connectivity index (χ2v) is 3.81. The summed E-state index contributed by atoms with van der Waals surface area (Å²) in [7, 11) is 1.63. The summed E-state index contributed by atoms with van der Waals surface area (Å²) in [5, 5.41) is 2.80. The van der Waals surface area contributed by atoms with Crippen molar-refractivity contribution in [1.82, 2.24) is 0 Å². The Labute approximate surface area is 119 Å². The van der Waals surface area contributed by atoms with Gasteiger partial charge < -0.3 is 20.5 Å². The van der Waals surface area contributed by atoms with Crippen molar-refractivity contribution in [2.24, 2.45) is 5.73 Å². The quantitative estimate of drug-likeness (QED) is 0.716. The number of carbonyl (C=O) groups is 1. The highest BCUT2D eigenvalue weighted by atomic mass is 35.5. The number of halogens is 1. The van der Waals surface area contributed by atoms with Gasteiger partial charge >= 0.3 is 0 Å². The van der Waals surface area contributed by atoms with E-state index in [1.54, 1.807) is 7.11 Å². The first-order valence-corrected chi connectivity index (χ1v) is 5.98. The fraction of sp³-hybridized carbons (Fsp3) is 0.462. The smallest absolute Gasteiger partial charge is 0.224 e. The zero-order valence-corrected chi connectivity index (χ0v) is 11.9. The standard InChI is InChI=1S/C13H20N2O3.ClH/c1-17-9-10-18-12-6-4-11(5-7-12)15-13(16)3-2-8-14;/h4-7H,2-3,8-10,14H2,1H3,(H,15,16);1H. The van der Waals surface area contributed by atoms with Gasteiger partial charge in [0.15, 0.2) is 0 Å². The average Bonchev–Trinajstić information content (AvgIpc) is 2.39. The number of methoxy groups -OCH3 is 1. The Bertz CT molecular complexity index is 357. The van der Waals surface area contributed by atoms with Gasteiger partial charge in [-0.3, -0.25) is 4.79 Å². The highest BCUT2D eigenvalue weighted by molar-refractivity contribution is 5.90. The largest absolute Gasteiger partial charge is 0.491 e. The lowest BCUT2D eigenvalue weighted by Gasteiger charge is -2.07. The maximum Gasteiger partial charge on any atom is 0.224 e. The molecule has 0 atom stereocenters. The molecule has 5 nitrogen and oxygen atoms in total. The van der Waals surface area contributed by atoms with Crippen LogP contribution in [0.3, 0.4) is 0 Å². The molecule has 0 heterocycles. The molecule has 0 aliphatic rings. The van der Waals surface area contributed by atoms with Gasteiger partial charge in [0.05, 0.1) is 6.61 Å². The predicted molar refractivity (Wildman–Crippen MR) is 78.0 cm³/mol. The Balaban J connectivity index is 0.00000324. The van der Waals surface area contributed by atoms with E-state index in [2.05, 4.69) is 5.32 Å². The summed E-state index contributed by atoms with van der Waals surface area (Å²) >= 11 is 0. The molecule has 0 saturated heterocycles. The molecule has 0 spiro atoms. The van der Waals surface area contributed by atoms with E-state index in [0.717, 1.165) is 11.4 Å². The average molecular weight is 289 g/mol. The molecule has 0 bridgehead atoms. The number of rotatable bonds is 8. The number of anilines is 1. The molecule has 1 aromatic carbocycles. The highest BCUT2D eigenvalue weighted by Gasteiger charge is 2.01. The van der Waals surface area contributed by atoms with Gasteiger partial charge in [0, 0.05) is 19.2 Å². The van der Waals surface area contributed by atoms with Gasteiger partial charge in [0.2, 0.25) is 5.91 Å². The molecule has 0 radical (unpaired) electrons. The van der Waals surface area contributed by atoms with E-state index in [9.17, 15) is 4.79 Å².